The summed E-state index contributed by atoms with van der Waals surface area (Å²) < 4.78 is 5.24. The number of benzene rings is 2. The summed E-state index contributed by atoms with van der Waals surface area (Å²) in [5.41, 5.74) is 7.01. The molecule has 0 saturated carbocycles. The Kier molecular flexibility index (Phi) is 4.81. The number of nitrogen functional groups attached to an aromatic ring is 1. The topological polar surface area (TPSA) is 102 Å². The van der Waals surface area contributed by atoms with E-state index < -0.39 is 18.0 Å². The quantitative estimate of drug-likeness (QED) is 0.635. The molecule has 1 unspecified atom stereocenters. The van der Waals surface area contributed by atoms with Crippen LogP contribution in [0.25, 0.3) is 0 Å². The number of para-hydroxylation sites is 3. The molecule has 2 aromatic rings. The van der Waals surface area contributed by atoms with Crippen molar-refractivity contribution in [2.75, 3.05) is 22.5 Å². The van der Waals surface area contributed by atoms with E-state index in [1.807, 2.05) is 0 Å². The zero-order valence-electron chi connectivity index (χ0n) is 13.9. The van der Waals surface area contributed by atoms with Crippen LogP contribution in [0.5, 0.6) is 0 Å². The number of ether oxygens (including phenoxy) is 1. The van der Waals surface area contributed by atoms with E-state index in [4.69, 9.17) is 22.1 Å². The highest BCUT2D eigenvalue weighted by molar-refractivity contribution is 6.33. The second-order valence-corrected chi connectivity index (χ2v) is 6.15. The molecule has 7 nitrogen and oxygen atoms in total. The standard InChI is InChI=1S/C18H16ClN3O4/c1-10(26-18(25)11-5-4-6-12(19)16(11)20)17(24)22-9-15(23)21-13-7-2-3-8-14(13)22/h2-8,10H,9,20H2,1H3,(H,21,23). The van der Waals surface area contributed by atoms with Crippen LogP contribution in [-0.4, -0.2) is 30.4 Å². The highest BCUT2D eigenvalue weighted by atomic mass is 35.5. The fourth-order valence-corrected chi connectivity index (χ4v) is 2.81. The van der Waals surface area contributed by atoms with Crippen molar-refractivity contribution in [1.29, 1.82) is 0 Å². The number of esters is 1. The molecule has 0 saturated heterocycles. The third kappa shape index (κ3) is 3.34. The fraction of sp³-hybridized carbons (Fsp3) is 0.167. The Morgan fingerprint density at radius 2 is 1.96 bits per heavy atom. The lowest BCUT2D eigenvalue weighted by Gasteiger charge is -2.30. The van der Waals surface area contributed by atoms with Crippen molar-refractivity contribution >= 4 is 46.4 Å². The first-order valence-electron chi connectivity index (χ1n) is 7.83. The first-order valence-corrected chi connectivity index (χ1v) is 8.21. The van der Waals surface area contributed by atoms with Gasteiger partial charge in [0.15, 0.2) is 6.10 Å². The van der Waals surface area contributed by atoms with Gasteiger partial charge in [-0.05, 0) is 31.2 Å². The summed E-state index contributed by atoms with van der Waals surface area (Å²) in [6.45, 7) is 1.28. The summed E-state index contributed by atoms with van der Waals surface area (Å²) in [4.78, 5) is 38.2. The van der Waals surface area contributed by atoms with E-state index in [1.54, 1.807) is 36.4 Å². The van der Waals surface area contributed by atoms with Gasteiger partial charge in [0.05, 0.1) is 27.6 Å². The maximum atomic E-state index is 12.7. The fourth-order valence-electron chi connectivity index (χ4n) is 2.64. The molecule has 1 aliphatic rings. The summed E-state index contributed by atoms with van der Waals surface area (Å²) >= 11 is 5.90. The summed E-state index contributed by atoms with van der Waals surface area (Å²) in [6, 6.07) is 11.5. The molecule has 3 rings (SSSR count). The Labute approximate surface area is 154 Å². The molecule has 1 atom stereocenters. The van der Waals surface area contributed by atoms with E-state index >= 15 is 0 Å². The Morgan fingerprint density at radius 1 is 1.23 bits per heavy atom. The van der Waals surface area contributed by atoms with Crippen molar-refractivity contribution in [3.63, 3.8) is 0 Å². The molecule has 8 heteroatoms. The molecule has 0 bridgehead atoms. The second-order valence-electron chi connectivity index (χ2n) is 5.74. The third-order valence-corrected chi connectivity index (χ3v) is 4.27. The van der Waals surface area contributed by atoms with Gasteiger partial charge in [0, 0.05) is 0 Å². The van der Waals surface area contributed by atoms with Crippen LogP contribution >= 0.6 is 11.6 Å². The number of halogens is 1. The average Bonchev–Trinajstić information content (AvgIpc) is 2.62. The zero-order chi connectivity index (χ0) is 18.8. The van der Waals surface area contributed by atoms with E-state index in [1.165, 1.54) is 17.9 Å². The number of nitrogens with one attached hydrogen (secondary N) is 1. The average molecular weight is 374 g/mol. The van der Waals surface area contributed by atoms with Gasteiger partial charge in [0.1, 0.15) is 6.54 Å². The van der Waals surface area contributed by atoms with Gasteiger partial charge in [-0.2, -0.15) is 0 Å². The van der Waals surface area contributed by atoms with Crippen LogP contribution < -0.4 is 16.0 Å². The van der Waals surface area contributed by atoms with Gasteiger partial charge in [-0.1, -0.05) is 29.8 Å². The van der Waals surface area contributed by atoms with Gasteiger partial charge in [0.25, 0.3) is 5.91 Å². The van der Waals surface area contributed by atoms with Crippen molar-refractivity contribution in [1.82, 2.24) is 0 Å². The number of carbonyl (C=O) groups excluding carboxylic acids is 3. The number of amides is 2. The largest absolute Gasteiger partial charge is 0.449 e. The van der Waals surface area contributed by atoms with E-state index in [-0.39, 0.29) is 28.7 Å². The first kappa shape index (κ1) is 17.8. The maximum Gasteiger partial charge on any atom is 0.341 e. The predicted molar refractivity (Wildman–Crippen MR) is 98.2 cm³/mol. The molecule has 3 N–H and O–H groups in total. The molecule has 0 aromatic heterocycles. The van der Waals surface area contributed by atoms with Crippen LogP contribution in [0.3, 0.4) is 0 Å². The Hall–Kier alpha value is -3.06. The van der Waals surface area contributed by atoms with Gasteiger partial charge in [0.2, 0.25) is 5.91 Å². The number of nitrogens with two attached hydrogens (primary N) is 1. The summed E-state index contributed by atoms with van der Waals surface area (Å²) in [6.07, 6.45) is -1.11. The second kappa shape index (κ2) is 7.05. The van der Waals surface area contributed by atoms with Gasteiger partial charge >= 0.3 is 5.97 Å². The summed E-state index contributed by atoms with van der Waals surface area (Å²) in [5.74, 6) is -1.60. The van der Waals surface area contributed by atoms with Crippen LogP contribution in [-0.2, 0) is 14.3 Å². The van der Waals surface area contributed by atoms with Gasteiger partial charge in [-0.15, -0.1) is 0 Å². The lowest BCUT2D eigenvalue weighted by molar-refractivity contribution is -0.128. The van der Waals surface area contributed by atoms with Gasteiger partial charge in [-0.3, -0.25) is 14.5 Å². The molecule has 2 amide bonds. The van der Waals surface area contributed by atoms with Crippen LogP contribution in [0.4, 0.5) is 17.1 Å². The lowest BCUT2D eigenvalue weighted by atomic mass is 10.1. The molecule has 0 aliphatic carbocycles. The smallest absolute Gasteiger partial charge is 0.341 e. The molecule has 134 valence electrons. The summed E-state index contributed by atoms with van der Waals surface area (Å²) in [5, 5.41) is 2.91. The van der Waals surface area contributed by atoms with Crippen LogP contribution in [0.2, 0.25) is 5.02 Å². The number of hydrogen-bond donors (Lipinski definition) is 2. The van der Waals surface area contributed by atoms with Crippen molar-refractivity contribution in [2.45, 2.75) is 13.0 Å². The highest BCUT2D eigenvalue weighted by Gasteiger charge is 2.31. The molecule has 0 fully saturated rings. The Balaban J connectivity index is 1.79. The highest BCUT2D eigenvalue weighted by Crippen LogP contribution is 2.30. The van der Waals surface area contributed by atoms with E-state index in [9.17, 15) is 14.4 Å². The third-order valence-electron chi connectivity index (χ3n) is 3.94. The van der Waals surface area contributed by atoms with Crippen molar-refractivity contribution in [3.8, 4) is 0 Å². The molecule has 26 heavy (non-hydrogen) atoms. The number of anilines is 3. The maximum absolute atomic E-state index is 12.7. The van der Waals surface area contributed by atoms with Crippen molar-refractivity contribution in [2.24, 2.45) is 0 Å². The molecular weight excluding hydrogens is 358 g/mol. The molecule has 0 radical (unpaired) electrons. The van der Waals surface area contributed by atoms with Crippen molar-refractivity contribution < 1.29 is 19.1 Å². The number of fused-ring (bicyclic) bond motifs is 1. The van der Waals surface area contributed by atoms with Gasteiger partial charge < -0.3 is 15.8 Å². The van der Waals surface area contributed by atoms with E-state index in [0.29, 0.717) is 11.4 Å². The minimum atomic E-state index is -1.11. The van der Waals surface area contributed by atoms with Crippen LogP contribution in [0, 0.1) is 0 Å². The first-order chi connectivity index (χ1) is 12.4. The van der Waals surface area contributed by atoms with E-state index in [0.717, 1.165) is 0 Å². The minimum Gasteiger partial charge on any atom is -0.449 e. The van der Waals surface area contributed by atoms with Crippen LogP contribution in [0.15, 0.2) is 42.5 Å². The lowest BCUT2D eigenvalue weighted by Crippen LogP contribution is -2.47. The predicted octanol–water partition coefficient (Wildman–Crippen LogP) is 2.45. The molecule has 1 heterocycles. The van der Waals surface area contributed by atoms with Gasteiger partial charge in [-0.25, -0.2) is 4.79 Å². The number of rotatable bonds is 3. The number of hydrogen-bond acceptors (Lipinski definition) is 5. The molecule has 0 spiro atoms. The zero-order valence-corrected chi connectivity index (χ0v) is 14.6. The Bertz CT molecular complexity index is 900. The molecular formula is C18H16ClN3O4. The SMILES string of the molecule is CC(OC(=O)c1cccc(Cl)c1N)C(=O)N1CC(=O)Nc2ccccc21. The van der Waals surface area contributed by atoms with Crippen molar-refractivity contribution in [3.05, 3.63) is 53.1 Å². The summed E-state index contributed by atoms with van der Waals surface area (Å²) in [7, 11) is 0. The number of carbonyl (C=O) groups is 3. The Morgan fingerprint density at radius 3 is 2.73 bits per heavy atom. The normalized spacial score (nSPS) is 14.2. The minimum absolute atomic E-state index is 0.0777. The molecule has 1 aliphatic heterocycles. The van der Waals surface area contributed by atoms with Crippen LogP contribution in [0.1, 0.15) is 17.3 Å². The monoisotopic (exact) mass is 373 g/mol. The number of nitrogens with zero attached hydrogens (tertiary/aromatic N) is 1. The van der Waals surface area contributed by atoms with E-state index in [2.05, 4.69) is 5.32 Å². The molecule has 2 aromatic carbocycles.